The second-order valence-electron chi connectivity index (χ2n) is 7.72. The van der Waals surface area contributed by atoms with Gasteiger partial charge >= 0.3 is 0 Å². The highest BCUT2D eigenvalue weighted by atomic mass is 19.1. The maximum atomic E-state index is 13.2. The molecule has 2 aliphatic heterocycles. The molecular formula is C20H29FN4O. The van der Waals surface area contributed by atoms with Gasteiger partial charge in [-0.15, -0.1) is 0 Å². The molecule has 4 rings (SSSR count). The number of halogens is 1. The Hall–Kier alpha value is -1.66. The molecule has 26 heavy (non-hydrogen) atoms. The molecule has 2 heterocycles. The highest BCUT2D eigenvalue weighted by Crippen LogP contribution is 2.47. The van der Waals surface area contributed by atoms with Crippen LogP contribution in [0.2, 0.25) is 0 Å². The number of rotatable bonds is 4. The number of guanidine groups is 1. The third-order valence-corrected chi connectivity index (χ3v) is 6.13. The van der Waals surface area contributed by atoms with Crippen molar-refractivity contribution in [1.29, 1.82) is 0 Å². The van der Waals surface area contributed by atoms with Gasteiger partial charge in [0.05, 0.1) is 13.2 Å². The lowest BCUT2D eigenvalue weighted by atomic mass is 9.96. The highest BCUT2D eigenvalue weighted by molar-refractivity contribution is 5.80. The summed E-state index contributed by atoms with van der Waals surface area (Å²) in [6.07, 6.45) is 3.49. The quantitative estimate of drug-likeness (QED) is 0.657. The lowest BCUT2D eigenvalue weighted by Gasteiger charge is -2.32. The van der Waals surface area contributed by atoms with Crippen molar-refractivity contribution in [3.63, 3.8) is 0 Å². The Labute approximate surface area is 155 Å². The molecule has 1 saturated carbocycles. The summed E-state index contributed by atoms with van der Waals surface area (Å²) >= 11 is 0. The molecule has 142 valence electrons. The van der Waals surface area contributed by atoms with E-state index in [1.807, 2.05) is 19.2 Å². The fourth-order valence-electron chi connectivity index (χ4n) is 4.28. The van der Waals surface area contributed by atoms with Crippen molar-refractivity contribution in [2.24, 2.45) is 4.99 Å². The van der Waals surface area contributed by atoms with E-state index in [-0.39, 0.29) is 11.2 Å². The van der Waals surface area contributed by atoms with Gasteiger partial charge in [0.2, 0.25) is 0 Å². The van der Waals surface area contributed by atoms with Gasteiger partial charge in [-0.2, -0.15) is 0 Å². The third-order valence-electron chi connectivity index (χ3n) is 6.13. The summed E-state index contributed by atoms with van der Waals surface area (Å²) in [6.45, 7) is 6.72. The predicted octanol–water partition coefficient (Wildman–Crippen LogP) is 1.84. The zero-order chi connectivity index (χ0) is 18.0. The van der Waals surface area contributed by atoms with E-state index in [1.165, 1.54) is 12.0 Å². The van der Waals surface area contributed by atoms with Crippen LogP contribution in [0.4, 0.5) is 4.39 Å². The van der Waals surface area contributed by atoms with Crippen molar-refractivity contribution in [1.82, 2.24) is 15.1 Å². The zero-order valence-electron chi connectivity index (χ0n) is 15.6. The molecule has 1 aromatic carbocycles. The molecule has 1 atom stereocenters. The van der Waals surface area contributed by atoms with Crippen LogP contribution in [0.3, 0.4) is 0 Å². The van der Waals surface area contributed by atoms with Crippen molar-refractivity contribution < 1.29 is 9.13 Å². The smallest absolute Gasteiger partial charge is 0.193 e. The number of aliphatic imine (C=N–C) groups is 1. The summed E-state index contributed by atoms with van der Waals surface area (Å²) < 4.78 is 18.7. The van der Waals surface area contributed by atoms with Gasteiger partial charge in [0, 0.05) is 51.2 Å². The molecule has 0 aromatic heterocycles. The number of hydrogen-bond donors (Lipinski definition) is 1. The summed E-state index contributed by atoms with van der Waals surface area (Å²) in [5, 5.41) is 3.59. The molecule has 3 fully saturated rings. The summed E-state index contributed by atoms with van der Waals surface area (Å²) in [4.78, 5) is 9.45. The van der Waals surface area contributed by atoms with E-state index in [9.17, 15) is 4.39 Å². The average Bonchev–Trinajstić information content (AvgIpc) is 3.31. The van der Waals surface area contributed by atoms with Gasteiger partial charge in [-0.1, -0.05) is 12.1 Å². The summed E-state index contributed by atoms with van der Waals surface area (Å²) in [7, 11) is 1.86. The molecule has 2 saturated heterocycles. The summed E-state index contributed by atoms with van der Waals surface area (Å²) in [5.74, 6) is 0.827. The Balaban J connectivity index is 1.33. The minimum atomic E-state index is -0.167. The van der Waals surface area contributed by atoms with Crippen LogP contribution < -0.4 is 5.32 Å². The normalized spacial score (nSPS) is 26.2. The average molecular weight is 360 g/mol. The molecule has 0 amide bonds. The van der Waals surface area contributed by atoms with Crippen LogP contribution in [0, 0.1) is 5.82 Å². The first kappa shape index (κ1) is 17.7. The van der Waals surface area contributed by atoms with Crippen LogP contribution in [-0.2, 0) is 10.2 Å². The zero-order valence-corrected chi connectivity index (χ0v) is 15.6. The lowest BCUT2D eigenvalue weighted by molar-refractivity contribution is 0.0195. The largest absolute Gasteiger partial charge is 0.379 e. The Morgan fingerprint density at radius 3 is 2.62 bits per heavy atom. The van der Waals surface area contributed by atoms with Gasteiger partial charge in [0.25, 0.3) is 0 Å². The summed E-state index contributed by atoms with van der Waals surface area (Å²) in [6, 6.07) is 7.59. The molecule has 0 spiro atoms. The van der Waals surface area contributed by atoms with E-state index in [4.69, 9.17) is 4.74 Å². The first-order valence-corrected chi connectivity index (χ1v) is 9.74. The van der Waals surface area contributed by atoms with E-state index >= 15 is 0 Å². The second-order valence-corrected chi connectivity index (χ2v) is 7.72. The number of nitrogens with one attached hydrogen (secondary N) is 1. The minimum absolute atomic E-state index is 0.146. The third kappa shape index (κ3) is 3.71. The maximum Gasteiger partial charge on any atom is 0.193 e. The Bertz CT molecular complexity index is 638. The Morgan fingerprint density at radius 2 is 1.96 bits per heavy atom. The van der Waals surface area contributed by atoms with Crippen molar-refractivity contribution in [2.75, 3.05) is 53.0 Å². The van der Waals surface area contributed by atoms with Gasteiger partial charge in [0.15, 0.2) is 5.96 Å². The maximum absolute atomic E-state index is 13.2. The number of nitrogens with zero attached hydrogens (tertiary/aromatic N) is 3. The van der Waals surface area contributed by atoms with Gasteiger partial charge in [0.1, 0.15) is 5.82 Å². The minimum Gasteiger partial charge on any atom is -0.379 e. The van der Waals surface area contributed by atoms with E-state index in [2.05, 4.69) is 20.1 Å². The Kier molecular flexibility index (Phi) is 5.14. The van der Waals surface area contributed by atoms with Crippen molar-refractivity contribution in [2.45, 2.75) is 30.7 Å². The second kappa shape index (κ2) is 7.53. The van der Waals surface area contributed by atoms with Gasteiger partial charge in [-0.25, -0.2) is 4.39 Å². The van der Waals surface area contributed by atoms with Crippen molar-refractivity contribution in [3.8, 4) is 0 Å². The van der Waals surface area contributed by atoms with E-state index in [1.54, 1.807) is 12.1 Å². The number of benzene rings is 1. The van der Waals surface area contributed by atoms with Gasteiger partial charge in [-0.3, -0.25) is 9.89 Å². The molecule has 1 aliphatic carbocycles. The lowest BCUT2D eigenvalue weighted by Crippen LogP contribution is -2.47. The van der Waals surface area contributed by atoms with Gasteiger partial charge in [-0.05, 0) is 37.0 Å². The first-order chi connectivity index (χ1) is 12.7. The molecule has 0 radical (unpaired) electrons. The van der Waals surface area contributed by atoms with E-state index < -0.39 is 0 Å². The number of hydrogen-bond acceptors (Lipinski definition) is 3. The highest BCUT2D eigenvalue weighted by Gasteiger charge is 2.44. The number of morpholine rings is 1. The van der Waals surface area contributed by atoms with Crippen molar-refractivity contribution in [3.05, 3.63) is 35.6 Å². The van der Waals surface area contributed by atoms with Crippen LogP contribution >= 0.6 is 0 Å². The molecule has 1 N–H and O–H groups in total. The molecule has 3 aliphatic rings. The van der Waals surface area contributed by atoms with Gasteiger partial charge < -0.3 is 15.0 Å². The molecule has 1 aromatic rings. The van der Waals surface area contributed by atoms with Crippen LogP contribution in [0.15, 0.2) is 29.3 Å². The molecule has 5 nitrogen and oxygen atoms in total. The molecule has 1 unspecified atom stereocenters. The molecule has 6 heteroatoms. The van der Waals surface area contributed by atoms with Crippen LogP contribution in [0.25, 0.3) is 0 Å². The fourth-order valence-corrected chi connectivity index (χ4v) is 4.28. The summed E-state index contributed by atoms with van der Waals surface area (Å²) in [5.41, 5.74) is 1.38. The monoisotopic (exact) mass is 360 g/mol. The fraction of sp³-hybridized carbons (Fsp3) is 0.650. The molecule has 0 bridgehead atoms. The predicted molar refractivity (Wildman–Crippen MR) is 101 cm³/mol. The Morgan fingerprint density at radius 1 is 1.23 bits per heavy atom. The SMILES string of the molecule is CN=C(NCC1(c2ccc(F)cc2)CC1)N1CCC(N2CCOCC2)C1. The topological polar surface area (TPSA) is 40.1 Å². The number of likely N-dealkylation sites (tertiary alicyclic amines) is 1. The van der Waals surface area contributed by atoms with Crippen LogP contribution in [0.5, 0.6) is 0 Å². The van der Waals surface area contributed by atoms with Crippen LogP contribution in [0.1, 0.15) is 24.8 Å². The molecular weight excluding hydrogens is 331 g/mol. The van der Waals surface area contributed by atoms with E-state index in [0.717, 1.165) is 64.7 Å². The van der Waals surface area contributed by atoms with E-state index in [0.29, 0.717) is 6.04 Å². The number of ether oxygens (including phenoxy) is 1. The first-order valence-electron chi connectivity index (χ1n) is 9.74. The standard InChI is InChI=1S/C20H29FN4O/c1-22-19(25-9-6-18(14-25)24-10-12-26-13-11-24)23-15-20(7-8-20)16-2-4-17(21)5-3-16/h2-5,18H,6-15H2,1H3,(H,22,23). The van der Waals surface area contributed by atoms with Crippen LogP contribution in [-0.4, -0.2) is 74.8 Å². The van der Waals surface area contributed by atoms with Crippen molar-refractivity contribution >= 4 is 5.96 Å².